The zero-order chi connectivity index (χ0) is 18.3. The van der Waals surface area contributed by atoms with Crippen LogP contribution < -0.4 is 10.6 Å². The Kier molecular flexibility index (Phi) is 16.1. The van der Waals surface area contributed by atoms with Gasteiger partial charge in [-0.15, -0.1) is 24.0 Å². The molecule has 1 aliphatic heterocycles. The van der Waals surface area contributed by atoms with Crippen LogP contribution in [0.5, 0.6) is 0 Å². The number of hydrogen-bond donors (Lipinski definition) is 2. The van der Waals surface area contributed by atoms with Crippen LogP contribution in [0.3, 0.4) is 0 Å². The summed E-state index contributed by atoms with van der Waals surface area (Å²) < 4.78 is 15.8. The monoisotopic (exact) mass is 486 g/mol. The fraction of sp³-hybridized carbons (Fsp3) is 0.882. The average molecular weight is 486 g/mol. The van der Waals surface area contributed by atoms with Gasteiger partial charge >= 0.3 is 0 Å². The summed E-state index contributed by atoms with van der Waals surface area (Å²) in [7, 11) is 3.32. The molecule has 26 heavy (non-hydrogen) atoms. The highest BCUT2D eigenvalue weighted by molar-refractivity contribution is 14.0. The Morgan fingerprint density at radius 1 is 1.12 bits per heavy atom. The van der Waals surface area contributed by atoms with Gasteiger partial charge in [0.15, 0.2) is 5.96 Å². The molecule has 0 spiro atoms. The molecule has 1 rings (SSSR count). The molecule has 1 heterocycles. The second kappa shape index (κ2) is 16.5. The first-order chi connectivity index (χ1) is 12.2. The quantitative estimate of drug-likeness (QED) is 0.195. The molecule has 0 aliphatic carbocycles. The Hall–Kier alpha value is -0.650. The van der Waals surface area contributed by atoms with Gasteiger partial charge in [0, 0.05) is 53.6 Å². The molecular weight excluding hydrogens is 451 g/mol. The molecule has 9 heteroatoms. The van der Waals surface area contributed by atoms with E-state index in [9.17, 15) is 4.79 Å². The normalized spacial score (nSPS) is 15.5. The van der Waals surface area contributed by atoms with E-state index in [0.29, 0.717) is 19.3 Å². The van der Waals surface area contributed by atoms with E-state index in [2.05, 4.69) is 20.5 Å². The van der Waals surface area contributed by atoms with Gasteiger partial charge in [0.1, 0.15) is 6.54 Å². The van der Waals surface area contributed by atoms with Crippen molar-refractivity contribution in [1.29, 1.82) is 0 Å². The van der Waals surface area contributed by atoms with Crippen molar-refractivity contribution in [2.45, 2.75) is 32.3 Å². The van der Waals surface area contributed by atoms with Gasteiger partial charge in [0.05, 0.1) is 12.7 Å². The van der Waals surface area contributed by atoms with Gasteiger partial charge < -0.3 is 29.7 Å². The molecule has 0 bridgehead atoms. The summed E-state index contributed by atoms with van der Waals surface area (Å²) in [6.45, 7) is 7.19. The number of amides is 1. The maximum atomic E-state index is 11.8. The van der Waals surface area contributed by atoms with E-state index in [1.54, 1.807) is 14.2 Å². The highest BCUT2D eigenvalue weighted by Gasteiger charge is 2.21. The summed E-state index contributed by atoms with van der Waals surface area (Å²) >= 11 is 0. The fourth-order valence-electron chi connectivity index (χ4n) is 2.61. The van der Waals surface area contributed by atoms with E-state index < -0.39 is 0 Å². The number of hydrogen-bond acceptors (Lipinski definition) is 5. The Bertz CT molecular complexity index is 391. The molecule has 8 nitrogen and oxygen atoms in total. The fourth-order valence-corrected chi connectivity index (χ4v) is 2.61. The third-order valence-electron chi connectivity index (χ3n) is 3.92. The first-order valence-corrected chi connectivity index (χ1v) is 9.10. The molecule has 0 aromatic rings. The SMILES string of the molecule is CCNC(=NCC(=O)NCCOC)N1CCC(OCCCOC)CC1.I. The Balaban J connectivity index is 0.00000625. The van der Waals surface area contributed by atoms with E-state index in [0.717, 1.165) is 58.1 Å². The van der Waals surface area contributed by atoms with Crippen molar-refractivity contribution in [2.75, 3.05) is 66.8 Å². The molecule has 0 saturated carbocycles. The number of halogens is 1. The number of nitrogens with zero attached hydrogens (tertiary/aromatic N) is 2. The number of aliphatic imine (C=N–C) groups is 1. The zero-order valence-electron chi connectivity index (χ0n) is 16.3. The number of carbonyl (C=O) groups is 1. The lowest BCUT2D eigenvalue weighted by Crippen LogP contribution is -2.47. The van der Waals surface area contributed by atoms with Gasteiger partial charge in [-0.25, -0.2) is 4.99 Å². The van der Waals surface area contributed by atoms with E-state index >= 15 is 0 Å². The van der Waals surface area contributed by atoms with Crippen molar-refractivity contribution >= 4 is 35.8 Å². The minimum atomic E-state index is -0.0937. The van der Waals surface area contributed by atoms with Crippen molar-refractivity contribution in [3.63, 3.8) is 0 Å². The third-order valence-corrected chi connectivity index (χ3v) is 3.92. The van der Waals surface area contributed by atoms with Gasteiger partial charge in [0.25, 0.3) is 0 Å². The number of rotatable bonds is 11. The van der Waals surface area contributed by atoms with Gasteiger partial charge in [-0.3, -0.25) is 4.79 Å². The van der Waals surface area contributed by atoms with Crippen LogP contribution in [-0.4, -0.2) is 89.6 Å². The first kappa shape index (κ1) is 25.4. The number of methoxy groups -OCH3 is 2. The topological polar surface area (TPSA) is 84.4 Å². The van der Waals surface area contributed by atoms with Gasteiger partial charge in [-0.05, 0) is 26.2 Å². The predicted molar refractivity (Wildman–Crippen MR) is 113 cm³/mol. The number of carbonyl (C=O) groups excluding carboxylic acids is 1. The number of guanidine groups is 1. The van der Waals surface area contributed by atoms with Crippen molar-refractivity contribution in [1.82, 2.24) is 15.5 Å². The van der Waals surface area contributed by atoms with Crippen LogP contribution in [0.25, 0.3) is 0 Å². The van der Waals surface area contributed by atoms with E-state index in [-0.39, 0.29) is 36.4 Å². The maximum Gasteiger partial charge on any atom is 0.241 e. The Labute approximate surface area is 174 Å². The van der Waals surface area contributed by atoms with Crippen LogP contribution in [0.1, 0.15) is 26.2 Å². The first-order valence-electron chi connectivity index (χ1n) is 9.10. The number of nitrogens with one attached hydrogen (secondary N) is 2. The summed E-state index contributed by atoms with van der Waals surface area (Å²) in [6.07, 6.45) is 3.17. The third kappa shape index (κ3) is 11.1. The average Bonchev–Trinajstić information content (AvgIpc) is 2.63. The molecule has 0 aromatic heterocycles. The molecule has 2 N–H and O–H groups in total. The molecule has 1 saturated heterocycles. The van der Waals surface area contributed by atoms with Crippen LogP contribution in [0.15, 0.2) is 4.99 Å². The molecule has 1 fully saturated rings. The molecule has 154 valence electrons. The van der Waals surface area contributed by atoms with Gasteiger partial charge in [-0.1, -0.05) is 0 Å². The molecular formula is C17H35IN4O4. The largest absolute Gasteiger partial charge is 0.385 e. The number of ether oxygens (including phenoxy) is 3. The minimum Gasteiger partial charge on any atom is -0.385 e. The van der Waals surface area contributed by atoms with Crippen LogP contribution >= 0.6 is 24.0 Å². The lowest BCUT2D eigenvalue weighted by Gasteiger charge is -2.34. The zero-order valence-corrected chi connectivity index (χ0v) is 18.6. The van der Waals surface area contributed by atoms with Crippen LogP contribution in [0, 0.1) is 0 Å². The molecule has 0 unspecified atom stereocenters. The standard InChI is InChI=1S/C17H34N4O4.HI/c1-4-18-17(20-14-16(22)19-8-13-24-3)21-9-6-15(7-10-21)25-12-5-11-23-2;/h15H,4-14H2,1-3H3,(H,18,20)(H,19,22);1H. The summed E-state index contributed by atoms with van der Waals surface area (Å²) in [5.74, 6) is 0.700. The van der Waals surface area contributed by atoms with E-state index in [4.69, 9.17) is 14.2 Å². The highest BCUT2D eigenvalue weighted by atomic mass is 127. The predicted octanol–water partition coefficient (Wildman–Crippen LogP) is 0.850. The maximum absolute atomic E-state index is 11.8. The Morgan fingerprint density at radius 2 is 1.81 bits per heavy atom. The molecule has 0 atom stereocenters. The van der Waals surface area contributed by atoms with Crippen LogP contribution in [-0.2, 0) is 19.0 Å². The molecule has 0 radical (unpaired) electrons. The van der Waals surface area contributed by atoms with Crippen LogP contribution in [0.2, 0.25) is 0 Å². The lowest BCUT2D eigenvalue weighted by atomic mass is 10.1. The minimum absolute atomic E-state index is 0. The second-order valence-electron chi connectivity index (χ2n) is 5.92. The number of piperidine rings is 1. The van der Waals surface area contributed by atoms with Crippen molar-refractivity contribution < 1.29 is 19.0 Å². The lowest BCUT2D eigenvalue weighted by molar-refractivity contribution is -0.119. The second-order valence-corrected chi connectivity index (χ2v) is 5.92. The summed E-state index contributed by atoms with van der Waals surface area (Å²) in [4.78, 5) is 18.4. The number of likely N-dealkylation sites (tertiary alicyclic amines) is 1. The summed E-state index contributed by atoms with van der Waals surface area (Å²) in [5, 5.41) is 6.04. The van der Waals surface area contributed by atoms with Gasteiger partial charge in [0.2, 0.25) is 5.91 Å². The van der Waals surface area contributed by atoms with Gasteiger partial charge in [-0.2, -0.15) is 0 Å². The van der Waals surface area contributed by atoms with Crippen molar-refractivity contribution in [2.24, 2.45) is 4.99 Å². The van der Waals surface area contributed by atoms with E-state index in [1.165, 1.54) is 0 Å². The van der Waals surface area contributed by atoms with Crippen molar-refractivity contribution in [3.05, 3.63) is 0 Å². The van der Waals surface area contributed by atoms with Crippen molar-refractivity contribution in [3.8, 4) is 0 Å². The van der Waals surface area contributed by atoms with Crippen LogP contribution in [0.4, 0.5) is 0 Å². The molecule has 1 amide bonds. The molecule has 1 aliphatic rings. The Morgan fingerprint density at radius 3 is 2.42 bits per heavy atom. The smallest absolute Gasteiger partial charge is 0.241 e. The molecule has 0 aromatic carbocycles. The summed E-state index contributed by atoms with van der Waals surface area (Å²) in [6, 6.07) is 0. The highest BCUT2D eigenvalue weighted by Crippen LogP contribution is 2.14. The van der Waals surface area contributed by atoms with E-state index in [1.807, 2.05) is 6.92 Å². The summed E-state index contributed by atoms with van der Waals surface area (Å²) in [5.41, 5.74) is 0.